The van der Waals surface area contributed by atoms with Crippen LogP contribution in [0.3, 0.4) is 0 Å². The number of rotatable bonds is 6. The van der Waals surface area contributed by atoms with E-state index in [1.165, 1.54) is 48.7 Å². The van der Waals surface area contributed by atoms with Crippen LogP contribution in [0.25, 0.3) is 0 Å². The number of carbonyl (C=O) groups excluding carboxylic acids is 1. The summed E-state index contributed by atoms with van der Waals surface area (Å²) in [6, 6.07) is 17.3. The summed E-state index contributed by atoms with van der Waals surface area (Å²) >= 11 is 3.29. The molecule has 154 valence electrons. The fraction of sp³-hybridized carbons (Fsp3) is 0.0476. The Morgan fingerprint density at radius 3 is 2.37 bits per heavy atom. The number of halogens is 1. The van der Waals surface area contributed by atoms with Crippen LogP contribution in [0.2, 0.25) is 0 Å². The Morgan fingerprint density at radius 2 is 1.70 bits per heavy atom. The molecule has 0 saturated heterocycles. The number of aromatic hydroxyl groups is 1. The van der Waals surface area contributed by atoms with Crippen LogP contribution in [0.15, 0.2) is 81.2 Å². The summed E-state index contributed by atoms with van der Waals surface area (Å²) < 4.78 is 28.1. The lowest BCUT2D eigenvalue weighted by Gasteiger charge is -2.09. The number of hydrazone groups is 1. The minimum Gasteiger partial charge on any atom is -0.507 e. The summed E-state index contributed by atoms with van der Waals surface area (Å²) in [6.07, 6.45) is 1.32. The van der Waals surface area contributed by atoms with Gasteiger partial charge in [0.25, 0.3) is 15.9 Å². The van der Waals surface area contributed by atoms with Gasteiger partial charge in [0.2, 0.25) is 0 Å². The summed E-state index contributed by atoms with van der Waals surface area (Å²) in [5.41, 5.74) is 4.38. The summed E-state index contributed by atoms with van der Waals surface area (Å²) in [5.74, 6) is -0.449. The van der Waals surface area contributed by atoms with E-state index in [4.69, 9.17) is 0 Å². The van der Waals surface area contributed by atoms with Gasteiger partial charge in [-0.15, -0.1) is 0 Å². The van der Waals surface area contributed by atoms with Crippen LogP contribution >= 0.6 is 15.9 Å². The Kier molecular flexibility index (Phi) is 6.53. The first-order valence-corrected chi connectivity index (χ1v) is 11.0. The predicted octanol–water partition coefficient (Wildman–Crippen LogP) is 4.03. The van der Waals surface area contributed by atoms with E-state index >= 15 is 0 Å². The van der Waals surface area contributed by atoms with Gasteiger partial charge in [0, 0.05) is 21.3 Å². The second kappa shape index (κ2) is 9.10. The number of carbonyl (C=O) groups is 1. The molecule has 3 N–H and O–H groups in total. The molecule has 0 aliphatic heterocycles. The number of amides is 1. The minimum absolute atomic E-state index is 0.0291. The Labute approximate surface area is 182 Å². The fourth-order valence-electron chi connectivity index (χ4n) is 2.47. The summed E-state index contributed by atoms with van der Waals surface area (Å²) in [6.45, 7) is 1.87. The van der Waals surface area contributed by atoms with Gasteiger partial charge >= 0.3 is 0 Å². The average molecular weight is 488 g/mol. The smallest absolute Gasteiger partial charge is 0.271 e. The van der Waals surface area contributed by atoms with E-state index in [0.29, 0.717) is 16.8 Å². The van der Waals surface area contributed by atoms with Crippen LogP contribution in [-0.2, 0) is 10.0 Å². The van der Waals surface area contributed by atoms with Gasteiger partial charge in [0.1, 0.15) is 5.75 Å². The Morgan fingerprint density at radius 1 is 1.03 bits per heavy atom. The van der Waals surface area contributed by atoms with Crippen molar-refractivity contribution in [2.75, 3.05) is 4.72 Å². The normalized spacial score (nSPS) is 11.4. The molecule has 3 aromatic carbocycles. The van der Waals surface area contributed by atoms with Gasteiger partial charge in [0.15, 0.2) is 0 Å². The van der Waals surface area contributed by atoms with Gasteiger partial charge < -0.3 is 5.11 Å². The zero-order valence-electron chi connectivity index (χ0n) is 15.8. The third-order valence-electron chi connectivity index (χ3n) is 4.09. The van der Waals surface area contributed by atoms with Gasteiger partial charge in [-0.05, 0) is 61.5 Å². The number of hydrogen-bond acceptors (Lipinski definition) is 5. The van der Waals surface area contributed by atoms with Crippen LogP contribution in [0.1, 0.15) is 21.5 Å². The summed E-state index contributed by atoms with van der Waals surface area (Å²) in [4.78, 5) is 12.4. The third-order valence-corrected chi connectivity index (χ3v) is 5.98. The topological polar surface area (TPSA) is 108 Å². The number of hydrogen-bond donors (Lipinski definition) is 3. The fourth-order valence-corrected chi connectivity index (χ4v) is 3.91. The number of phenolic OH excluding ortho intramolecular Hbond substituents is 1. The highest BCUT2D eigenvalue weighted by Gasteiger charge is 2.14. The highest BCUT2D eigenvalue weighted by molar-refractivity contribution is 9.10. The standard InChI is InChI=1S/C21H18BrN3O4S/c1-14-2-9-19(10-3-14)30(28,29)25-18-7-4-15(5-8-18)21(27)24-23-13-16-12-17(22)6-11-20(16)26/h2-13,25-26H,1H3,(H,24,27)/b23-13+. The Hall–Kier alpha value is -3.17. The van der Waals surface area contributed by atoms with Gasteiger partial charge in [0.05, 0.1) is 11.1 Å². The van der Waals surface area contributed by atoms with Crippen LogP contribution in [-0.4, -0.2) is 25.6 Å². The molecule has 9 heteroatoms. The number of benzene rings is 3. The molecule has 30 heavy (non-hydrogen) atoms. The van der Waals surface area contributed by atoms with E-state index in [9.17, 15) is 18.3 Å². The molecule has 0 heterocycles. The molecule has 3 rings (SSSR count). The molecule has 7 nitrogen and oxygen atoms in total. The number of phenols is 1. The molecular weight excluding hydrogens is 470 g/mol. The van der Waals surface area contributed by atoms with Crippen LogP contribution in [0.5, 0.6) is 5.75 Å². The quantitative estimate of drug-likeness (QED) is 0.360. The molecule has 0 aliphatic rings. The molecule has 0 aromatic heterocycles. The second-order valence-electron chi connectivity index (χ2n) is 6.40. The van der Waals surface area contributed by atoms with E-state index in [1.54, 1.807) is 24.3 Å². The van der Waals surface area contributed by atoms with E-state index in [2.05, 4.69) is 31.2 Å². The van der Waals surface area contributed by atoms with Gasteiger partial charge in [-0.1, -0.05) is 33.6 Å². The molecule has 0 bridgehead atoms. The van der Waals surface area contributed by atoms with Crippen molar-refractivity contribution in [2.45, 2.75) is 11.8 Å². The first-order valence-electron chi connectivity index (χ1n) is 8.76. The largest absolute Gasteiger partial charge is 0.507 e. The number of nitrogens with one attached hydrogen (secondary N) is 2. The van der Waals surface area contributed by atoms with E-state index < -0.39 is 15.9 Å². The highest BCUT2D eigenvalue weighted by atomic mass is 79.9. The molecule has 0 aliphatic carbocycles. The van der Waals surface area contributed by atoms with Crippen molar-refractivity contribution in [3.8, 4) is 5.75 Å². The van der Waals surface area contributed by atoms with E-state index in [-0.39, 0.29) is 10.6 Å². The second-order valence-corrected chi connectivity index (χ2v) is 9.00. The molecular formula is C21H18BrN3O4S. The van der Waals surface area contributed by atoms with Crippen LogP contribution < -0.4 is 10.1 Å². The molecule has 1 amide bonds. The number of aryl methyl sites for hydroxylation is 1. The monoisotopic (exact) mass is 487 g/mol. The Bertz CT molecular complexity index is 1190. The van der Waals surface area contributed by atoms with Crippen molar-refractivity contribution in [3.63, 3.8) is 0 Å². The average Bonchev–Trinajstić information content (AvgIpc) is 2.71. The lowest BCUT2D eigenvalue weighted by molar-refractivity contribution is 0.0955. The Balaban J connectivity index is 1.64. The van der Waals surface area contributed by atoms with Crippen LogP contribution in [0.4, 0.5) is 5.69 Å². The summed E-state index contributed by atoms with van der Waals surface area (Å²) in [7, 11) is -3.72. The molecule has 0 saturated carbocycles. The molecule has 0 atom stereocenters. The first-order chi connectivity index (χ1) is 14.2. The number of anilines is 1. The lowest BCUT2D eigenvalue weighted by atomic mass is 10.2. The zero-order chi connectivity index (χ0) is 21.7. The van der Waals surface area contributed by atoms with Crippen LogP contribution in [0, 0.1) is 6.92 Å². The van der Waals surface area contributed by atoms with Crippen molar-refractivity contribution in [1.29, 1.82) is 0 Å². The molecule has 0 spiro atoms. The van der Waals surface area contributed by atoms with Crippen molar-refractivity contribution < 1.29 is 18.3 Å². The maximum atomic E-state index is 12.4. The molecule has 3 aromatic rings. The number of nitrogens with zero attached hydrogens (tertiary/aromatic N) is 1. The highest BCUT2D eigenvalue weighted by Crippen LogP contribution is 2.20. The van der Waals surface area contributed by atoms with Crippen molar-refractivity contribution >= 4 is 43.8 Å². The maximum absolute atomic E-state index is 12.4. The molecule has 0 radical (unpaired) electrons. The SMILES string of the molecule is Cc1ccc(S(=O)(=O)Nc2ccc(C(=O)N/N=C/c3cc(Br)ccc3O)cc2)cc1. The van der Waals surface area contributed by atoms with Crippen molar-refractivity contribution in [1.82, 2.24) is 5.43 Å². The third kappa shape index (κ3) is 5.46. The number of sulfonamides is 1. The maximum Gasteiger partial charge on any atom is 0.271 e. The lowest BCUT2D eigenvalue weighted by Crippen LogP contribution is -2.18. The first kappa shape index (κ1) is 21.5. The zero-order valence-corrected chi connectivity index (χ0v) is 18.2. The predicted molar refractivity (Wildman–Crippen MR) is 119 cm³/mol. The van der Waals surface area contributed by atoms with Crippen molar-refractivity contribution in [3.05, 3.63) is 87.9 Å². The van der Waals surface area contributed by atoms with E-state index in [0.717, 1.165) is 10.0 Å². The minimum atomic E-state index is -3.72. The van der Waals surface area contributed by atoms with Gasteiger partial charge in [-0.2, -0.15) is 5.10 Å². The molecule has 0 fully saturated rings. The van der Waals surface area contributed by atoms with Gasteiger partial charge in [-0.25, -0.2) is 13.8 Å². The van der Waals surface area contributed by atoms with Crippen molar-refractivity contribution in [2.24, 2.45) is 5.10 Å². The van der Waals surface area contributed by atoms with Gasteiger partial charge in [-0.3, -0.25) is 9.52 Å². The molecule has 0 unspecified atom stereocenters. The van der Waals surface area contributed by atoms with E-state index in [1.807, 2.05) is 6.92 Å². The summed E-state index contributed by atoms with van der Waals surface area (Å²) in [5, 5.41) is 13.6.